The summed E-state index contributed by atoms with van der Waals surface area (Å²) < 4.78 is 36.4. The van der Waals surface area contributed by atoms with Crippen molar-refractivity contribution in [2.75, 3.05) is 85.7 Å². The SMILES string of the molecule is CCCCC/C=C\C/C=C\CCCCCCCCOCC(CN1CCCC1)OCCOCCOCCOCCO[C@H]1CC[C@@]2(C)C(=CC[C@H]3[C@@H]4CC[C@H]([C@H](C)CCCC(C)C)[C@@]4(C)CC[C@@H]32)C1. The van der Waals surface area contributed by atoms with Crippen molar-refractivity contribution >= 4 is 0 Å². The minimum Gasteiger partial charge on any atom is -0.379 e. The number of rotatable bonds is 38. The summed E-state index contributed by atoms with van der Waals surface area (Å²) >= 11 is 0. The molecule has 0 aromatic heterocycles. The lowest BCUT2D eigenvalue weighted by Crippen LogP contribution is -2.51. The zero-order valence-corrected chi connectivity index (χ0v) is 44.8. The lowest BCUT2D eigenvalue weighted by atomic mass is 9.47. The highest BCUT2D eigenvalue weighted by Crippen LogP contribution is 2.67. The normalized spacial score (nSPS) is 28.6. The molecule has 3 saturated carbocycles. The van der Waals surface area contributed by atoms with E-state index in [0.717, 1.165) is 67.9 Å². The predicted octanol–water partition coefficient (Wildman–Crippen LogP) is 14.8. The molecule has 9 atom stereocenters. The summed E-state index contributed by atoms with van der Waals surface area (Å²) in [7, 11) is 0. The summed E-state index contributed by atoms with van der Waals surface area (Å²) in [6, 6.07) is 0. The molecule has 0 radical (unpaired) electrons. The summed E-state index contributed by atoms with van der Waals surface area (Å²) in [5, 5.41) is 0. The molecule has 0 N–H and O–H groups in total. The van der Waals surface area contributed by atoms with Crippen molar-refractivity contribution < 1.29 is 28.4 Å². The standard InChI is InChI=1S/C60H107NO6/c1-7-8-9-10-11-12-13-14-15-16-17-18-19-20-21-24-38-65-49-54(48-61-36-22-23-37-61)67-46-44-64-42-40-62-39-41-63-43-45-66-53-32-34-59(5)52(47-53)28-29-55-57-31-30-56(51(4)27-25-26-50(2)3)60(57,6)35-33-58(55)59/h11-12,14-15,28,50-51,53-58H,7-10,13,16-27,29-49H2,1-6H3/b12-11-,15-14-/t51-,53+,54?,55+,56-,57+,58+,59+,60-/m1/s1. The minimum atomic E-state index is 0.103. The van der Waals surface area contributed by atoms with Crippen LogP contribution < -0.4 is 0 Å². The number of fused-ring (bicyclic) bond motifs is 5. The number of likely N-dealkylation sites (tertiary alicyclic amines) is 1. The van der Waals surface area contributed by atoms with Gasteiger partial charge < -0.3 is 33.3 Å². The molecule has 1 saturated heterocycles. The summed E-state index contributed by atoms with van der Waals surface area (Å²) in [4.78, 5) is 2.52. The van der Waals surface area contributed by atoms with E-state index in [1.165, 1.54) is 154 Å². The largest absolute Gasteiger partial charge is 0.379 e. The molecular formula is C60H107NO6. The third-order valence-electron chi connectivity index (χ3n) is 17.6. The van der Waals surface area contributed by atoms with Crippen LogP contribution in [0.1, 0.15) is 202 Å². The van der Waals surface area contributed by atoms with Crippen molar-refractivity contribution in [1.82, 2.24) is 4.90 Å². The van der Waals surface area contributed by atoms with Crippen LogP contribution >= 0.6 is 0 Å². The molecule has 0 bridgehead atoms. The number of hydrogen-bond acceptors (Lipinski definition) is 7. The van der Waals surface area contributed by atoms with Gasteiger partial charge in [0.05, 0.1) is 71.7 Å². The maximum Gasteiger partial charge on any atom is 0.0936 e. The molecule has 388 valence electrons. The van der Waals surface area contributed by atoms with Crippen molar-refractivity contribution in [3.05, 3.63) is 36.0 Å². The summed E-state index contributed by atoms with van der Waals surface area (Å²) in [6.45, 7) is 24.6. The zero-order chi connectivity index (χ0) is 47.4. The fourth-order valence-corrected chi connectivity index (χ4v) is 13.7. The first-order valence-corrected chi connectivity index (χ1v) is 29.0. The number of unbranched alkanes of at least 4 members (excludes halogenated alkanes) is 9. The average Bonchev–Trinajstić information content (AvgIpc) is 3.97. The molecule has 0 amide bonds. The highest BCUT2D eigenvalue weighted by molar-refractivity contribution is 5.25. The fourth-order valence-electron chi connectivity index (χ4n) is 13.7. The Balaban J connectivity index is 0.828. The molecule has 7 nitrogen and oxygen atoms in total. The topological polar surface area (TPSA) is 58.6 Å². The highest BCUT2D eigenvalue weighted by Gasteiger charge is 2.59. The van der Waals surface area contributed by atoms with Gasteiger partial charge >= 0.3 is 0 Å². The first-order valence-electron chi connectivity index (χ1n) is 29.0. The van der Waals surface area contributed by atoms with Crippen LogP contribution in [0.2, 0.25) is 0 Å². The zero-order valence-electron chi connectivity index (χ0n) is 44.8. The van der Waals surface area contributed by atoms with E-state index in [4.69, 9.17) is 28.4 Å². The average molecular weight is 939 g/mol. The number of hydrogen-bond donors (Lipinski definition) is 0. The second-order valence-electron chi connectivity index (χ2n) is 23.0. The minimum absolute atomic E-state index is 0.103. The van der Waals surface area contributed by atoms with Crippen molar-refractivity contribution in [1.29, 1.82) is 0 Å². The fraction of sp³-hybridized carbons (Fsp3) is 0.900. The van der Waals surface area contributed by atoms with E-state index < -0.39 is 0 Å². The van der Waals surface area contributed by atoms with Crippen LogP contribution in [0.4, 0.5) is 0 Å². The van der Waals surface area contributed by atoms with E-state index in [9.17, 15) is 0 Å². The first kappa shape index (κ1) is 56.8. The van der Waals surface area contributed by atoms with Crippen LogP contribution in [-0.4, -0.2) is 103 Å². The second kappa shape index (κ2) is 32.8. The number of allylic oxidation sites excluding steroid dienone is 5. The van der Waals surface area contributed by atoms with E-state index in [1.54, 1.807) is 5.57 Å². The molecule has 4 aliphatic carbocycles. The van der Waals surface area contributed by atoms with Crippen LogP contribution in [0.3, 0.4) is 0 Å². The van der Waals surface area contributed by atoms with Crippen LogP contribution in [0.25, 0.3) is 0 Å². The summed E-state index contributed by atoms with van der Waals surface area (Å²) in [6.07, 6.45) is 45.3. The van der Waals surface area contributed by atoms with E-state index in [0.29, 0.717) is 76.4 Å². The van der Waals surface area contributed by atoms with Crippen LogP contribution in [0.15, 0.2) is 36.0 Å². The van der Waals surface area contributed by atoms with Gasteiger partial charge in [0, 0.05) is 13.2 Å². The number of ether oxygens (including phenoxy) is 6. The molecule has 0 spiro atoms. The van der Waals surface area contributed by atoms with Gasteiger partial charge in [-0.2, -0.15) is 0 Å². The van der Waals surface area contributed by atoms with Crippen molar-refractivity contribution in [3.63, 3.8) is 0 Å². The van der Waals surface area contributed by atoms with Crippen molar-refractivity contribution in [2.24, 2.45) is 46.3 Å². The van der Waals surface area contributed by atoms with E-state index in [1.807, 2.05) is 0 Å². The highest BCUT2D eigenvalue weighted by atomic mass is 16.6. The molecule has 1 heterocycles. The molecule has 5 rings (SSSR count). The molecule has 67 heavy (non-hydrogen) atoms. The summed E-state index contributed by atoms with van der Waals surface area (Å²) in [5.41, 5.74) is 2.66. The quantitative estimate of drug-likeness (QED) is 0.0451. The van der Waals surface area contributed by atoms with Crippen molar-refractivity contribution in [2.45, 2.75) is 214 Å². The molecule has 7 heteroatoms. The van der Waals surface area contributed by atoms with Gasteiger partial charge in [-0.15, -0.1) is 0 Å². The molecular weight excluding hydrogens is 831 g/mol. The van der Waals surface area contributed by atoms with Gasteiger partial charge in [-0.1, -0.05) is 135 Å². The molecule has 0 aromatic carbocycles. The molecule has 1 aliphatic heterocycles. The van der Waals surface area contributed by atoms with Gasteiger partial charge in [0.25, 0.3) is 0 Å². The lowest BCUT2D eigenvalue weighted by molar-refractivity contribution is -0.0696. The molecule has 5 aliphatic rings. The van der Waals surface area contributed by atoms with Crippen LogP contribution in [0.5, 0.6) is 0 Å². The van der Waals surface area contributed by atoms with Gasteiger partial charge in [0.1, 0.15) is 0 Å². The Kier molecular flexibility index (Phi) is 27.8. The van der Waals surface area contributed by atoms with Crippen LogP contribution in [0, 0.1) is 46.3 Å². The first-order chi connectivity index (χ1) is 32.7. The molecule has 4 fully saturated rings. The predicted molar refractivity (Wildman–Crippen MR) is 281 cm³/mol. The van der Waals surface area contributed by atoms with Crippen LogP contribution in [-0.2, 0) is 28.4 Å². The Morgan fingerprint density at radius 1 is 0.657 bits per heavy atom. The third-order valence-corrected chi connectivity index (χ3v) is 17.6. The van der Waals surface area contributed by atoms with E-state index in [-0.39, 0.29) is 6.10 Å². The van der Waals surface area contributed by atoms with Gasteiger partial charge in [-0.25, -0.2) is 0 Å². The summed E-state index contributed by atoms with van der Waals surface area (Å²) in [5.74, 6) is 5.33. The lowest BCUT2D eigenvalue weighted by Gasteiger charge is -2.58. The Morgan fingerprint density at radius 3 is 2.04 bits per heavy atom. The number of nitrogens with zero attached hydrogens (tertiary/aromatic N) is 1. The molecule has 0 aromatic rings. The third kappa shape index (κ3) is 19.8. The smallest absolute Gasteiger partial charge is 0.0936 e. The Labute approximate surface area is 414 Å². The Hall–Kier alpha value is -1.06. The Morgan fingerprint density at radius 2 is 1.33 bits per heavy atom. The van der Waals surface area contributed by atoms with Crippen molar-refractivity contribution in [3.8, 4) is 0 Å². The van der Waals surface area contributed by atoms with Gasteiger partial charge in [-0.05, 0) is 162 Å². The maximum absolute atomic E-state index is 6.44. The maximum atomic E-state index is 6.44. The van der Waals surface area contributed by atoms with Gasteiger partial charge in [0.15, 0.2) is 0 Å². The molecule has 1 unspecified atom stereocenters. The van der Waals surface area contributed by atoms with E-state index >= 15 is 0 Å². The van der Waals surface area contributed by atoms with Gasteiger partial charge in [-0.3, -0.25) is 0 Å². The van der Waals surface area contributed by atoms with E-state index in [2.05, 4.69) is 76.8 Å². The monoisotopic (exact) mass is 938 g/mol. The second-order valence-corrected chi connectivity index (χ2v) is 23.0. The Bertz CT molecular complexity index is 1360. The van der Waals surface area contributed by atoms with Gasteiger partial charge in [0.2, 0.25) is 0 Å².